The van der Waals surface area contributed by atoms with Crippen LogP contribution in [-0.4, -0.2) is 7.05 Å². The van der Waals surface area contributed by atoms with E-state index in [1.165, 1.54) is 5.82 Å². The van der Waals surface area contributed by atoms with Gasteiger partial charge < -0.3 is 0 Å². The van der Waals surface area contributed by atoms with Crippen molar-refractivity contribution in [3.05, 3.63) is 36.7 Å². The van der Waals surface area contributed by atoms with Crippen LogP contribution in [0, 0.1) is 0 Å². The molecule has 3 heteroatoms. The van der Waals surface area contributed by atoms with Gasteiger partial charge in [0.1, 0.15) is 5.70 Å². The summed E-state index contributed by atoms with van der Waals surface area (Å²) in [6, 6.07) is 6.18. The van der Waals surface area contributed by atoms with Gasteiger partial charge >= 0.3 is 0 Å². The zero-order chi connectivity index (χ0) is 9.84. The number of aromatic nitrogens is 1. The summed E-state index contributed by atoms with van der Waals surface area (Å²) in [5.41, 5.74) is 1.15. The molecule has 14 heavy (non-hydrogen) atoms. The average molecular weight is 266 g/mol. The fraction of sp³-hybridized carbons (Fsp3) is 0.364. The van der Waals surface area contributed by atoms with Crippen LogP contribution in [-0.2, 0) is 39.3 Å². The molecule has 2 heterocycles. The second-order valence-corrected chi connectivity index (χ2v) is 2.81. The molecular formula is C11H17N2Y+. The maximum Gasteiger partial charge on any atom is 0.281 e. The summed E-state index contributed by atoms with van der Waals surface area (Å²) in [6.45, 7) is 8.88. The van der Waals surface area contributed by atoms with Crippen molar-refractivity contribution in [1.82, 2.24) is 0 Å². The van der Waals surface area contributed by atoms with Crippen molar-refractivity contribution in [2.75, 3.05) is 11.9 Å². The van der Waals surface area contributed by atoms with Crippen molar-refractivity contribution in [3.8, 4) is 0 Å². The largest absolute Gasteiger partial charge is 0.281 e. The molecule has 1 aliphatic heterocycles. The van der Waals surface area contributed by atoms with E-state index in [0.717, 1.165) is 12.2 Å². The number of fused-ring (bicyclic) bond motifs is 1. The molecule has 0 amide bonds. The fourth-order valence-electron chi connectivity index (χ4n) is 1.37. The molecule has 0 aromatic carbocycles. The van der Waals surface area contributed by atoms with Gasteiger partial charge in [-0.3, -0.25) is 0 Å². The molecule has 73 valence electrons. The molecule has 0 saturated heterocycles. The number of allylic oxidation sites excluding steroid dienone is 1. The van der Waals surface area contributed by atoms with Crippen molar-refractivity contribution < 1.29 is 37.3 Å². The van der Waals surface area contributed by atoms with Gasteiger partial charge in [0.05, 0.1) is 13.2 Å². The van der Waals surface area contributed by atoms with Crippen molar-refractivity contribution >= 4 is 5.82 Å². The van der Waals surface area contributed by atoms with Crippen LogP contribution in [0.3, 0.4) is 0 Å². The van der Waals surface area contributed by atoms with Gasteiger partial charge in [-0.05, 0) is 6.07 Å². The molecule has 0 N–H and O–H groups in total. The standard InChI is InChI=1S/C9H11N2.C2H6.Y/c1-8-7-11-6-4-3-5-9(11)10(8)2;1-2;/h3-6H,1,7H2,2H3;1-2H3;/q+1;;. The molecule has 0 aliphatic carbocycles. The van der Waals surface area contributed by atoms with Gasteiger partial charge in [0.15, 0.2) is 6.54 Å². The molecule has 1 radical (unpaired) electrons. The summed E-state index contributed by atoms with van der Waals surface area (Å²) in [5, 5.41) is 0. The summed E-state index contributed by atoms with van der Waals surface area (Å²) < 4.78 is 2.18. The minimum atomic E-state index is 0. The van der Waals surface area contributed by atoms with Crippen molar-refractivity contribution in [1.29, 1.82) is 0 Å². The minimum absolute atomic E-state index is 0. The van der Waals surface area contributed by atoms with Crippen molar-refractivity contribution in [2.45, 2.75) is 20.4 Å². The maximum atomic E-state index is 3.96. The first-order valence-electron chi connectivity index (χ1n) is 4.69. The fourth-order valence-corrected chi connectivity index (χ4v) is 1.37. The predicted octanol–water partition coefficient (Wildman–Crippen LogP) is 1.96. The molecule has 0 saturated carbocycles. The normalized spacial score (nSPS) is 12.5. The van der Waals surface area contributed by atoms with Gasteiger partial charge in [0.2, 0.25) is 0 Å². The Labute approximate surface area is 112 Å². The van der Waals surface area contributed by atoms with Crippen LogP contribution in [0.15, 0.2) is 36.7 Å². The number of hydrogen-bond donors (Lipinski definition) is 0. The Kier molecular flexibility index (Phi) is 6.22. The van der Waals surface area contributed by atoms with E-state index < -0.39 is 0 Å². The third-order valence-electron chi connectivity index (χ3n) is 2.09. The molecule has 0 bridgehead atoms. The zero-order valence-corrected chi connectivity index (χ0v) is 12.0. The summed E-state index contributed by atoms with van der Waals surface area (Å²) in [4.78, 5) is 2.11. The zero-order valence-electron chi connectivity index (χ0n) is 9.20. The molecule has 0 atom stereocenters. The van der Waals surface area contributed by atoms with E-state index in [9.17, 15) is 0 Å². The van der Waals surface area contributed by atoms with Gasteiger partial charge in [-0.1, -0.05) is 26.5 Å². The predicted molar refractivity (Wildman–Crippen MR) is 55.5 cm³/mol. The van der Waals surface area contributed by atoms with Crippen LogP contribution in [0.2, 0.25) is 0 Å². The smallest absolute Gasteiger partial charge is 0.231 e. The number of hydrogen-bond acceptors (Lipinski definition) is 1. The number of rotatable bonds is 0. The molecule has 1 aliphatic rings. The van der Waals surface area contributed by atoms with Crippen LogP contribution in [0.5, 0.6) is 0 Å². The molecule has 1 aromatic rings. The Morgan fingerprint density at radius 1 is 1.36 bits per heavy atom. The van der Waals surface area contributed by atoms with E-state index in [1.54, 1.807) is 0 Å². The number of pyridine rings is 1. The molecule has 0 spiro atoms. The van der Waals surface area contributed by atoms with Crippen molar-refractivity contribution in [2.24, 2.45) is 0 Å². The second kappa shape index (κ2) is 6.31. The second-order valence-electron chi connectivity index (χ2n) is 2.81. The van der Waals surface area contributed by atoms with Gasteiger partial charge in [-0.2, -0.15) is 0 Å². The summed E-state index contributed by atoms with van der Waals surface area (Å²) in [7, 11) is 2.04. The van der Waals surface area contributed by atoms with Crippen molar-refractivity contribution in [3.63, 3.8) is 0 Å². The van der Waals surface area contributed by atoms with E-state index in [0.29, 0.717) is 0 Å². The quantitative estimate of drug-likeness (QED) is 0.651. The Morgan fingerprint density at radius 3 is 2.57 bits per heavy atom. The summed E-state index contributed by atoms with van der Waals surface area (Å²) >= 11 is 0. The Bertz CT molecular complexity index is 310. The van der Waals surface area contributed by atoms with Crippen LogP contribution in [0.25, 0.3) is 0 Å². The molecule has 1 aromatic heterocycles. The van der Waals surface area contributed by atoms with Gasteiger partial charge in [0.25, 0.3) is 5.82 Å². The third kappa shape index (κ3) is 2.64. The SMILES string of the molecule is C=C1C[n+]2ccccc2N1C.CC.[Y]. The maximum absolute atomic E-state index is 3.96. The van der Waals surface area contributed by atoms with E-state index in [1.807, 2.05) is 33.0 Å². The number of nitrogens with zero attached hydrogens (tertiary/aromatic N) is 2. The van der Waals surface area contributed by atoms with Gasteiger partial charge in [0, 0.05) is 38.8 Å². The first kappa shape index (κ1) is 13.8. The molecule has 2 rings (SSSR count). The van der Waals surface area contributed by atoms with Crippen LogP contribution < -0.4 is 9.47 Å². The Hall–Kier alpha value is -0.206. The molecule has 2 nitrogen and oxygen atoms in total. The topological polar surface area (TPSA) is 7.12 Å². The average Bonchev–Trinajstić information content (AvgIpc) is 2.47. The molecule has 0 unspecified atom stereocenters. The van der Waals surface area contributed by atoms with Crippen LogP contribution in [0.4, 0.5) is 5.82 Å². The van der Waals surface area contributed by atoms with E-state index in [-0.39, 0.29) is 32.7 Å². The summed E-state index contributed by atoms with van der Waals surface area (Å²) in [6.07, 6.45) is 2.07. The first-order valence-corrected chi connectivity index (χ1v) is 4.69. The molecule has 0 fully saturated rings. The number of anilines is 1. The Morgan fingerprint density at radius 2 is 2.00 bits per heavy atom. The number of likely N-dealkylation sites (N-methyl/N-ethyl adjacent to an activating group) is 1. The monoisotopic (exact) mass is 266 g/mol. The summed E-state index contributed by atoms with van der Waals surface area (Å²) in [5.74, 6) is 1.22. The molecular weight excluding hydrogens is 249 g/mol. The van der Waals surface area contributed by atoms with Crippen LogP contribution >= 0.6 is 0 Å². The van der Waals surface area contributed by atoms with E-state index in [4.69, 9.17) is 0 Å². The third-order valence-corrected chi connectivity index (χ3v) is 2.09. The van der Waals surface area contributed by atoms with E-state index >= 15 is 0 Å². The van der Waals surface area contributed by atoms with Gasteiger partial charge in [-0.25, -0.2) is 9.47 Å². The van der Waals surface area contributed by atoms with E-state index in [2.05, 4.69) is 28.3 Å². The minimum Gasteiger partial charge on any atom is -0.231 e. The van der Waals surface area contributed by atoms with Gasteiger partial charge in [-0.15, -0.1) is 0 Å². The van der Waals surface area contributed by atoms with Crippen LogP contribution in [0.1, 0.15) is 13.8 Å². The Balaban J connectivity index is 0.000000531. The first-order chi connectivity index (χ1) is 6.29.